The second-order valence-electron chi connectivity index (χ2n) is 9.94. The van der Waals surface area contributed by atoms with Crippen LogP contribution in [0.2, 0.25) is 0 Å². The lowest BCUT2D eigenvalue weighted by Gasteiger charge is -2.20. The molecule has 8 heteroatoms. The van der Waals surface area contributed by atoms with Crippen molar-refractivity contribution in [3.63, 3.8) is 0 Å². The minimum absolute atomic E-state index is 0.0173. The van der Waals surface area contributed by atoms with Crippen LogP contribution in [-0.4, -0.2) is 40.3 Å². The van der Waals surface area contributed by atoms with E-state index in [0.29, 0.717) is 12.0 Å². The number of ketones is 2. The third kappa shape index (κ3) is 6.81. The highest BCUT2D eigenvalue weighted by atomic mass is 16.5. The predicted octanol–water partition coefficient (Wildman–Crippen LogP) is 6.82. The molecular formula is C35H32O8. The number of carbonyl (C=O) groups excluding carboxylic acids is 4. The Morgan fingerprint density at radius 1 is 0.628 bits per heavy atom. The monoisotopic (exact) mass is 580 g/mol. The summed E-state index contributed by atoms with van der Waals surface area (Å²) < 4.78 is 11.0. The van der Waals surface area contributed by atoms with Crippen molar-refractivity contribution < 1.29 is 38.9 Å². The Balaban J connectivity index is 1.99. The Kier molecular flexibility index (Phi) is 10.1. The van der Waals surface area contributed by atoms with Crippen molar-refractivity contribution in [3.05, 3.63) is 124 Å². The molecule has 0 aliphatic rings. The maximum absolute atomic E-state index is 14.2. The Morgan fingerprint density at radius 3 is 1.86 bits per heavy atom. The fraction of sp³-hybridized carbons (Fsp3) is 0.200. The lowest BCUT2D eigenvalue weighted by atomic mass is 9.87. The van der Waals surface area contributed by atoms with E-state index in [4.69, 9.17) is 9.47 Å². The smallest absolute Gasteiger partial charge is 0.343 e. The lowest BCUT2D eigenvalue weighted by molar-refractivity contribution is 0.0489. The molecule has 0 aromatic heterocycles. The van der Waals surface area contributed by atoms with Gasteiger partial charge in [-0.25, -0.2) is 9.59 Å². The van der Waals surface area contributed by atoms with E-state index in [-0.39, 0.29) is 23.3 Å². The summed E-state index contributed by atoms with van der Waals surface area (Å²) >= 11 is 0. The van der Waals surface area contributed by atoms with E-state index < -0.39 is 57.4 Å². The Hall–Kier alpha value is -5.24. The molecule has 0 bridgehead atoms. The molecule has 0 heterocycles. The normalized spacial score (nSPS) is 10.7. The van der Waals surface area contributed by atoms with Crippen molar-refractivity contribution >= 4 is 23.5 Å². The summed E-state index contributed by atoms with van der Waals surface area (Å²) in [7, 11) is 0. The van der Waals surface area contributed by atoms with Crippen molar-refractivity contribution in [1.29, 1.82) is 0 Å². The quantitative estimate of drug-likeness (QED) is 0.0614. The Labute approximate surface area is 249 Å². The van der Waals surface area contributed by atoms with E-state index in [2.05, 4.69) is 0 Å². The van der Waals surface area contributed by atoms with Crippen LogP contribution in [0.25, 0.3) is 0 Å². The second-order valence-corrected chi connectivity index (χ2v) is 9.94. The minimum Gasteiger partial charge on any atom is -0.504 e. The number of esters is 2. The first kappa shape index (κ1) is 30.7. The predicted molar refractivity (Wildman–Crippen MR) is 160 cm³/mol. The first-order valence-corrected chi connectivity index (χ1v) is 14.0. The summed E-state index contributed by atoms with van der Waals surface area (Å²) in [6.07, 6.45) is 3.20. The van der Waals surface area contributed by atoms with E-state index >= 15 is 0 Å². The summed E-state index contributed by atoms with van der Waals surface area (Å²) in [6, 6.07) is 22.1. The Morgan fingerprint density at radius 2 is 1.23 bits per heavy atom. The summed E-state index contributed by atoms with van der Waals surface area (Å²) in [5, 5.41) is 22.4. The molecular weight excluding hydrogens is 548 g/mol. The van der Waals surface area contributed by atoms with Gasteiger partial charge in [0.15, 0.2) is 23.1 Å². The number of hydrogen-bond acceptors (Lipinski definition) is 8. The molecule has 0 saturated heterocycles. The van der Waals surface area contributed by atoms with Gasteiger partial charge in [-0.05, 0) is 31.0 Å². The second kappa shape index (κ2) is 14.1. The largest absolute Gasteiger partial charge is 0.504 e. The van der Waals surface area contributed by atoms with Gasteiger partial charge in [0.05, 0.1) is 28.9 Å². The number of phenolic OH excluding ortho intramolecular Hbond substituents is 2. The molecule has 0 aliphatic heterocycles. The highest BCUT2D eigenvalue weighted by molar-refractivity contribution is 6.24. The van der Waals surface area contributed by atoms with E-state index in [1.165, 1.54) is 30.3 Å². The average Bonchev–Trinajstić information content (AvgIpc) is 3.03. The standard InChI is InChI=1S/C35H32O8/c1-3-4-5-14-21-42-35(41)26-27(29(36)23-16-8-6-9-17-23)31(38)32(39)33(43-34(40)24-18-10-7-11-19-24)28(26)30(37)25-20-13-12-15-22(25)2/h6-13,15-20,38-39H,3-5,14,21H2,1-2H3. The van der Waals surface area contributed by atoms with E-state index in [1.807, 2.05) is 6.92 Å². The zero-order valence-corrected chi connectivity index (χ0v) is 24.0. The minimum atomic E-state index is -1.08. The molecule has 4 aromatic rings. The first-order valence-electron chi connectivity index (χ1n) is 14.0. The van der Waals surface area contributed by atoms with Crippen LogP contribution < -0.4 is 4.74 Å². The van der Waals surface area contributed by atoms with Crippen LogP contribution in [-0.2, 0) is 4.74 Å². The van der Waals surface area contributed by atoms with Crippen LogP contribution in [0.5, 0.6) is 17.2 Å². The van der Waals surface area contributed by atoms with Crippen molar-refractivity contribution in [1.82, 2.24) is 0 Å². The third-order valence-electron chi connectivity index (χ3n) is 6.92. The molecule has 0 aliphatic carbocycles. The molecule has 2 N–H and O–H groups in total. The molecule has 4 rings (SSSR count). The number of aromatic hydroxyl groups is 2. The van der Waals surface area contributed by atoms with E-state index in [9.17, 15) is 29.4 Å². The van der Waals surface area contributed by atoms with Gasteiger partial charge in [0.25, 0.3) is 0 Å². The molecule has 43 heavy (non-hydrogen) atoms. The topological polar surface area (TPSA) is 127 Å². The fourth-order valence-electron chi connectivity index (χ4n) is 4.63. The molecule has 0 atom stereocenters. The maximum atomic E-state index is 14.2. The van der Waals surface area contributed by atoms with Gasteiger partial charge in [-0.2, -0.15) is 0 Å². The number of rotatable bonds is 12. The SMILES string of the molecule is CCCCCCOC(=O)c1c(C(=O)c2ccccc2)c(O)c(O)c(OC(=O)c2ccccc2)c1C(=O)c1ccccc1C. The van der Waals surface area contributed by atoms with Crippen molar-refractivity contribution in [2.24, 2.45) is 0 Å². The highest BCUT2D eigenvalue weighted by Gasteiger charge is 2.37. The van der Waals surface area contributed by atoms with Crippen LogP contribution in [0, 0.1) is 6.92 Å². The molecule has 4 aromatic carbocycles. The van der Waals surface area contributed by atoms with Gasteiger partial charge in [0.1, 0.15) is 0 Å². The van der Waals surface area contributed by atoms with Gasteiger partial charge in [0, 0.05) is 11.1 Å². The third-order valence-corrected chi connectivity index (χ3v) is 6.92. The van der Waals surface area contributed by atoms with Crippen LogP contribution >= 0.6 is 0 Å². The summed E-state index contributed by atoms with van der Waals surface area (Å²) in [4.78, 5) is 54.9. The summed E-state index contributed by atoms with van der Waals surface area (Å²) in [5.41, 5.74) is -1.01. The summed E-state index contributed by atoms with van der Waals surface area (Å²) in [5.74, 6) is -6.53. The van der Waals surface area contributed by atoms with Crippen molar-refractivity contribution in [2.75, 3.05) is 6.61 Å². The van der Waals surface area contributed by atoms with Gasteiger partial charge < -0.3 is 19.7 Å². The highest BCUT2D eigenvalue weighted by Crippen LogP contribution is 2.46. The number of ether oxygens (including phenoxy) is 2. The van der Waals surface area contributed by atoms with Crippen LogP contribution in [0.1, 0.15) is 90.7 Å². The van der Waals surface area contributed by atoms with Gasteiger partial charge >= 0.3 is 11.9 Å². The van der Waals surface area contributed by atoms with E-state index in [0.717, 1.165) is 19.3 Å². The lowest BCUT2D eigenvalue weighted by Crippen LogP contribution is -2.22. The fourth-order valence-corrected chi connectivity index (χ4v) is 4.63. The van der Waals surface area contributed by atoms with Crippen LogP contribution in [0.15, 0.2) is 84.9 Å². The molecule has 0 unspecified atom stereocenters. The molecule has 8 nitrogen and oxygen atoms in total. The van der Waals surface area contributed by atoms with E-state index in [1.54, 1.807) is 61.5 Å². The molecule has 0 fully saturated rings. The van der Waals surface area contributed by atoms with Crippen molar-refractivity contribution in [2.45, 2.75) is 39.5 Å². The molecule has 0 radical (unpaired) electrons. The average molecular weight is 581 g/mol. The molecule has 0 amide bonds. The maximum Gasteiger partial charge on any atom is 0.343 e. The number of aryl methyl sites for hydroxylation is 1. The number of hydrogen-bond donors (Lipinski definition) is 2. The van der Waals surface area contributed by atoms with Crippen LogP contribution in [0.3, 0.4) is 0 Å². The van der Waals surface area contributed by atoms with Crippen molar-refractivity contribution in [3.8, 4) is 17.2 Å². The zero-order chi connectivity index (χ0) is 30.9. The van der Waals surface area contributed by atoms with Gasteiger partial charge in [-0.15, -0.1) is 0 Å². The van der Waals surface area contributed by atoms with Gasteiger partial charge in [-0.3, -0.25) is 9.59 Å². The Bertz CT molecular complexity index is 1640. The van der Waals surface area contributed by atoms with Gasteiger partial charge in [-0.1, -0.05) is 99.0 Å². The number of carbonyl (C=O) groups is 4. The zero-order valence-electron chi connectivity index (χ0n) is 24.0. The van der Waals surface area contributed by atoms with Crippen LogP contribution in [0.4, 0.5) is 0 Å². The number of benzene rings is 4. The molecule has 220 valence electrons. The first-order chi connectivity index (χ1) is 20.8. The van der Waals surface area contributed by atoms with Gasteiger partial charge in [0.2, 0.25) is 5.75 Å². The summed E-state index contributed by atoms with van der Waals surface area (Å²) in [6.45, 7) is 3.69. The molecule has 0 spiro atoms. The molecule has 0 saturated carbocycles. The number of phenols is 2. The number of unbranched alkanes of at least 4 members (excludes halogenated alkanes) is 3.